The first-order valence-electron chi connectivity index (χ1n) is 13.8. The van der Waals surface area contributed by atoms with Crippen LogP contribution in [0.3, 0.4) is 0 Å². The van der Waals surface area contributed by atoms with Crippen molar-refractivity contribution in [1.29, 1.82) is 0 Å². The maximum Gasteiger partial charge on any atom is 0.224 e. The Labute approximate surface area is 240 Å². The number of aliphatic hydroxyl groups is 1. The standard InChI is InChI=1S/C32H38N2O5S/c1-23(36)33-19-7-3-6-10-31(37)34-27-17-15-26(16-18-27)32-38-28(22-40-29-8-4-2-5-9-29)20-30(39-32)25-13-11-24(21-35)12-14-25/h2,4-5,8-9,11-18,28,30,32,35H,3,6-7,10,19-22H2,1H3,(H,33,36)(H,34,37)/t28-,30+,32+/m1/s1. The number of thioether (sulfide) groups is 1. The molecule has 4 rings (SSSR count). The topological polar surface area (TPSA) is 96.9 Å². The first-order valence-corrected chi connectivity index (χ1v) is 14.8. The normalized spacial score (nSPS) is 18.7. The first-order chi connectivity index (χ1) is 19.5. The Hall–Kier alpha value is -3.17. The Morgan fingerprint density at radius 2 is 1.62 bits per heavy atom. The summed E-state index contributed by atoms with van der Waals surface area (Å²) in [4.78, 5) is 24.5. The molecule has 8 heteroatoms. The summed E-state index contributed by atoms with van der Waals surface area (Å²) < 4.78 is 12.8. The first kappa shape index (κ1) is 29.8. The van der Waals surface area contributed by atoms with E-state index in [0.29, 0.717) is 13.0 Å². The van der Waals surface area contributed by atoms with E-state index in [-0.39, 0.29) is 30.6 Å². The van der Waals surface area contributed by atoms with Gasteiger partial charge in [0, 0.05) is 48.2 Å². The third-order valence-electron chi connectivity index (χ3n) is 6.72. The van der Waals surface area contributed by atoms with Gasteiger partial charge in [0.1, 0.15) is 0 Å². The lowest BCUT2D eigenvalue weighted by molar-refractivity contribution is -0.245. The van der Waals surface area contributed by atoms with Crippen LogP contribution in [-0.2, 0) is 25.7 Å². The van der Waals surface area contributed by atoms with Gasteiger partial charge in [-0.3, -0.25) is 9.59 Å². The number of amides is 2. The van der Waals surface area contributed by atoms with E-state index in [1.54, 1.807) is 11.8 Å². The number of carbonyl (C=O) groups is 2. The van der Waals surface area contributed by atoms with Gasteiger partial charge in [-0.25, -0.2) is 0 Å². The molecule has 40 heavy (non-hydrogen) atoms. The molecule has 0 saturated carbocycles. The molecule has 1 fully saturated rings. The zero-order valence-corrected chi connectivity index (χ0v) is 23.7. The van der Waals surface area contributed by atoms with Crippen molar-refractivity contribution in [2.75, 3.05) is 17.6 Å². The van der Waals surface area contributed by atoms with E-state index in [0.717, 1.165) is 53.8 Å². The molecule has 3 N–H and O–H groups in total. The summed E-state index contributed by atoms with van der Waals surface area (Å²) in [5.41, 5.74) is 3.55. The van der Waals surface area contributed by atoms with Crippen molar-refractivity contribution in [2.45, 2.75) is 69.0 Å². The highest BCUT2D eigenvalue weighted by Gasteiger charge is 2.32. The molecule has 3 atom stereocenters. The highest BCUT2D eigenvalue weighted by atomic mass is 32.2. The van der Waals surface area contributed by atoms with Crippen molar-refractivity contribution in [3.63, 3.8) is 0 Å². The fraction of sp³-hybridized carbons (Fsp3) is 0.375. The number of nitrogens with one attached hydrogen (secondary N) is 2. The molecule has 0 unspecified atom stereocenters. The van der Waals surface area contributed by atoms with Gasteiger partial charge in [0.25, 0.3) is 0 Å². The summed E-state index contributed by atoms with van der Waals surface area (Å²) in [5, 5.41) is 15.2. The van der Waals surface area contributed by atoms with E-state index in [9.17, 15) is 14.7 Å². The molecule has 0 spiro atoms. The van der Waals surface area contributed by atoms with Crippen LogP contribution in [0.25, 0.3) is 0 Å². The van der Waals surface area contributed by atoms with Crippen LogP contribution in [0, 0.1) is 0 Å². The molecular weight excluding hydrogens is 524 g/mol. The van der Waals surface area contributed by atoms with Gasteiger partial charge < -0.3 is 25.2 Å². The molecule has 0 aromatic heterocycles. The number of rotatable bonds is 13. The van der Waals surface area contributed by atoms with E-state index < -0.39 is 6.29 Å². The Kier molecular flexibility index (Phi) is 11.6. The SMILES string of the molecule is CC(=O)NCCCCCC(=O)Nc1ccc([C@H]2O[C@@H](CSc3ccccc3)C[C@@H](c3ccc(CO)cc3)O2)cc1. The molecule has 212 valence electrons. The minimum absolute atomic E-state index is 0.00930. The molecule has 7 nitrogen and oxygen atoms in total. The number of unbranched alkanes of at least 4 members (excludes halogenated alkanes) is 2. The second-order valence-electron chi connectivity index (χ2n) is 9.94. The third kappa shape index (κ3) is 9.48. The summed E-state index contributed by atoms with van der Waals surface area (Å²) in [6.07, 6.45) is 3.00. The van der Waals surface area contributed by atoms with Crippen LogP contribution in [0.2, 0.25) is 0 Å². The fourth-order valence-electron chi connectivity index (χ4n) is 4.53. The lowest BCUT2D eigenvalue weighted by Gasteiger charge is -2.36. The largest absolute Gasteiger partial charge is 0.392 e. The molecule has 1 aliphatic heterocycles. The lowest BCUT2D eigenvalue weighted by atomic mass is 10.0. The van der Waals surface area contributed by atoms with Gasteiger partial charge in [-0.1, -0.05) is 61.0 Å². The summed E-state index contributed by atoms with van der Waals surface area (Å²) in [6, 6.07) is 25.8. The van der Waals surface area contributed by atoms with Gasteiger partial charge in [-0.05, 0) is 48.2 Å². The molecule has 1 aliphatic rings. The van der Waals surface area contributed by atoms with Crippen molar-refractivity contribution in [1.82, 2.24) is 5.32 Å². The summed E-state index contributed by atoms with van der Waals surface area (Å²) in [5.74, 6) is 0.745. The zero-order chi connectivity index (χ0) is 28.2. The maximum absolute atomic E-state index is 12.4. The smallest absolute Gasteiger partial charge is 0.224 e. The maximum atomic E-state index is 12.4. The summed E-state index contributed by atoms with van der Waals surface area (Å²) >= 11 is 1.77. The fourth-order valence-corrected chi connectivity index (χ4v) is 5.47. The van der Waals surface area contributed by atoms with Crippen LogP contribution in [0.15, 0.2) is 83.8 Å². The lowest BCUT2D eigenvalue weighted by Crippen LogP contribution is -2.31. The van der Waals surface area contributed by atoms with Gasteiger partial charge in [-0.15, -0.1) is 11.8 Å². The van der Waals surface area contributed by atoms with Gasteiger partial charge in [0.2, 0.25) is 11.8 Å². The number of ether oxygens (including phenoxy) is 2. The van der Waals surface area contributed by atoms with Gasteiger partial charge >= 0.3 is 0 Å². The van der Waals surface area contributed by atoms with Gasteiger partial charge in [0.05, 0.1) is 18.8 Å². The van der Waals surface area contributed by atoms with Crippen LogP contribution in [0.1, 0.15) is 68.1 Å². The van der Waals surface area contributed by atoms with Crippen molar-refractivity contribution in [3.8, 4) is 0 Å². The predicted molar refractivity (Wildman–Crippen MR) is 158 cm³/mol. The highest BCUT2D eigenvalue weighted by Crippen LogP contribution is 2.39. The molecule has 0 aliphatic carbocycles. The minimum Gasteiger partial charge on any atom is -0.392 e. The average molecular weight is 563 g/mol. The monoisotopic (exact) mass is 562 g/mol. The van der Waals surface area contributed by atoms with Gasteiger partial charge in [-0.2, -0.15) is 0 Å². The van der Waals surface area contributed by atoms with Crippen molar-refractivity contribution in [3.05, 3.63) is 95.6 Å². The quantitative estimate of drug-likeness (QED) is 0.171. The molecule has 3 aromatic rings. The number of carbonyl (C=O) groups excluding carboxylic acids is 2. The Bertz CT molecular complexity index is 1200. The van der Waals surface area contributed by atoms with Crippen molar-refractivity contribution in [2.24, 2.45) is 0 Å². The van der Waals surface area contributed by atoms with Crippen LogP contribution in [0.4, 0.5) is 5.69 Å². The number of hydrogen-bond acceptors (Lipinski definition) is 6. The van der Waals surface area contributed by atoms with Crippen LogP contribution in [0.5, 0.6) is 0 Å². The third-order valence-corrected chi connectivity index (χ3v) is 7.86. The molecule has 2 amide bonds. The van der Waals surface area contributed by atoms with E-state index in [4.69, 9.17) is 9.47 Å². The number of aliphatic hydroxyl groups excluding tert-OH is 1. The molecular formula is C32H38N2O5S. The molecule has 1 heterocycles. The second-order valence-corrected chi connectivity index (χ2v) is 11.0. The van der Waals surface area contributed by atoms with Crippen molar-refractivity contribution >= 4 is 29.3 Å². The summed E-state index contributed by atoms with van der Waals surface area (Å²) in [6.45, 7) is 2.16. The molecule has 0 bridgehead atoms. The molecule has 1 saturated heterocycles. The van der Waals surface area contributed by atoms with Crippen molar-refractivity contribution < 1.29 is 24.2 Å². The predicted octanol–water partition coefficient (Wildman–Crippen LogP) is 6.15. The van der Waals surface area contributed by atoms with E-state index in [1.165, 1.54) is 11.8 Å². The molecule has 0 radical (unpaired) electrons. The number of benzene rings is 3. The van der Waals surface area contributed by atoms with Crippen LogP contribution in [-0.4, -0.2) is 35.3 Å². The number of anilines is 1. The van der Waals surface area contributed by atoms with E-state index in [1.807, 2.05) is 66.7 Å². The second kappa shape index (κ2) is 15.6. The van der Waals surface area contributed by atoms with Gasteiger partial charge in [0.15, 0.2) is 6.29 Å². The summed E-state index contributed by atoms with van der Waals surface area (Å²) in [7, 11) is 0. The Morgan fingerprint density at radius 3 is 2.33 bits per heavy atom. The zero-order valence-electron chi connectivity index (χ0n) is 22.9. The van der Waals surface area contributed by atoms with E-state index in [2.05, 4.69) is 22.8 Å². The van der Waals surface area contributed by atoms with Crippen LogP contribution >= 0.6 is 11.8 Å². The number of hydrogen-bond donors (Lipinski definition) is 3. The Balaban J connectivity index is 1.35. The van der Waals surface area contributed by atoms with Crippen LogP contribution < -0.4 is 10.6 Å². The minimum atomic E-state index is -0.536. The molecule has 3 aromatic carbocycles. The highest BCUT2D eigenvalue weighted by molar-refractivity contribution is 7.99. The van der Waals surface area contributed by atoms with E-state index >= 15 is 0 Å². The Morgan fingerprint density at radius 1 is 0.900 bits per heavy atom. The average Bonchev–Trinajstić information content (AvgIpc) is 2.98.